The highest BCUT2D eigenvalue weighted by Crippen LogP contribution is 2.43. The van der Waals surface area contributed by atoms with Crippen molar-refractivity contribution in [3.05, 3.63) is 72.9 Å². The first-order valence-electron chi connectivity index (χ1n) is 22.5. The number of hydrogen-bond donors (Lipinski definition) is 3. The Balaban J connectivity index is 4.26. The highest BCUT2D eigenvalue weighted by molar-refractivity contribution is 7.47. The number of allylic oxidation sites excluding steroid dienone is 11. The number of esters is 2. The second-order valence-corrected chi connectivity index (χ2v) is 16.2. The third-order valence-corrected chi connectivity index (χ3v) is 10.1. The second-order valence-electron chi connectivity index (χ2n) is 14.7. The standard InChI is InChI=1S/C47H82NO9P/c1-3-5-7-8-9-10-11-12-13-14-15-16-17-18-22-25-28-31-34-38-46(50)54-42-45(43-56-58(52,53)55-41-40-48)57-47(51)39-35-32-29-26-23-20-19-21-24-27-30-33-37-44(49)36-6-4-2/h9-10,12-13,19-20,24,26-27,29,33,37,44-45,49H,3-8,11,14-18,21-23,25,28,30-32,34-36,38-43,48H2,1-2H3,(H,52,53)/b10-9-,13-12-,20-19-,27-24-,29-26-,37-33-/t44-,45-/m1/s1. The lowest BCUT2D eigenvalue weighted by atomic mass is 10.1. The van der Waals surface area contributed by atoms with E-state index in [1.54, 1.807) is 0 Å². The van der Waals surface area contributed by atoms with E-state index in [9.17, 15) is 24.2 Å². The minimum atomic E-state index is -4.41. The summed E-state index contributed by atoms with van der Waals surface area (Å²) >= 11 is 0. The van der Waals surface area contributed by atoms with Crippen molar-refractivity contribution in [3.8, 4) is 0 Å². The van der Waals surface area contributed by atoms with Gasteiger partial charge in [0.05, 0.1) is 19.3 Å². The van der Waals surface area contributed by atoms with E-state index in [1.807, 2.05) is 24.3 Å². The van der Waals surface area contributed by atoms with Crippen molar-refractivity contribution in [2.45, 2.75) is 187 Å². The normalized spacial score (nSPS) is 14.5. The first-order valence-corrected chi connectivity index (χ1v) is 24.0. The van der Waals surface area contributed by atoms with Gasteiger partial charge in [-0.15, -0.1) is 0 Å². The molecule has 0 aliphatic carbocycles. The zero-order valence-electron chi connectivity index (χ0n) is 36.4. The summed E-state index contributed by atoms with van der Waals surface area (Å²) in [4.78, 5) is 34.9. The summed E-state index contributed by atoms with van der Waals surface area (Å²) in [5.41, 5.74) is 5.34. The van der Waals surface area contributed by atoms with Gasteiger partial charge in [-0.05, 0) is 77.0 Å². The highest BCUT2D eigenvalue weighted by Gasteiger charge is 2.26. The molecule has 0 aromatic carbocycles. The molecule has 0 bridgehead atoms. The molecule has 0 saturated carbocycles. The number of aliphatic hydroxyl groups excluding tert-OH is 1. The largest absolute Gasteiger partial charge is 0.472 e. The van der Waals surface area contributed by atoms with Gasteiger partial charge in [-0.3, -0.25) is 18.6 Å². The van der Waals surface area contributed by atoms with Gasteiger partial charge in [0.1, 0.15) is 6.61 Å². The van der Waals surface area contributed by atoms with Gasteiger partial charge in [-0.25, -0.2) is 4.57 Å². The molecule has 0 spiro atoms. The third-order valence-electron chi connectivity index (χ3n) is 9.14. The first-order chi connectivity index (χ1) is 28.2. The van der Waals surface area contributed by atoms with Crippen LogP contribution >= 0.6 is 7.82 Å². The summed E-state index contributed by atoms with van der Waals surface area (Å²) in [7, 11) is -4.41. The van der Waals surface area contributed by atoms with Crippen LogP contribution in [0.5, 0.6) is 0 Å². The van der Waals surface area contributed by atoms with Gasteiger partial charge in [-0.1, -0.05) is 157 Å². The molecule has 0 saturated heterocycles. The van der Waals surface area contributed by atoms with Crippen molar-refractivity contribution in [2.24, 2.45) is 5.73 Å². The Bertz CT molecular complexity index is 1200. The summed E-state index contributed by atoms with van der Waals surface area (Å²) in [6.45, 7) is 3.46. The number of unbranched alkanes of at least 4 members (excludes halogenated alkanes) is 14. The Hall–Kier alpha value is -2.59. The highest BCUT2D eigenvalue weighted by atomic mass is 31.2. The van der Waals surface area contributed by atoms with E-state index in [2.05, 4.69) is 62.5 Å². The molecule has 0 fully saturated rings. The molecule has 10 nitrogen and oxygen atoms in total. The number of ether oxygens (including phenoxy) is 2. The molecule has 334 valence electrons. The lowest BCUT2D eigenvalue weighted by molar-refractivity contribution is -0.161. The smallest absolute Gasteiger partial charge is 0.462 e. The van der Waals surface area contributed by atoms with Crippen molar-refractivity contribution >= 4 is 19.8 Å². The van der Waals surface area contributed by atoms with Crippen LogP contribution < -0.4 is 5.73 Å². The van der Waals surface area contributed by atoms with E-state index in [-0.39, 0.29) is 38.7 Å². The van der Waals surface area contributed by atoms with Crippen LogP contribution in [0.1, 0.15) is 174 Å². The molecular weight excluding hydrogens is 753 g/mol. The molecule has 0 aliphatic rings. The molecule has 0 amide bonds. The van der Waals surface area contributed by atoms with Crippen LogP contribution in [0.25, 0.3) is 0 Å². The van der Waals surface area contributed by atoms with Gasteiger partial charge in [0.2, 0.25) is 0 Å². The van der Waals surface area contributed by atoms with Crippen LogP contribution in [0.4, 0.5) is 0 Å². The number of phosphoric ester groups is 1. The molecule has 58 heavy (non-hydrogen) atoms. The lowest BCUT2D eigenvalue weighted by Crippen LogP contribution is -2.29. The van der Waals surface area contributed by atoms with Gasteiger partial charge < -0.3 is 25.2 Å². The Morgan fingerprint density at radius 3 is 1.64 bits per heavy atom. The van der Waals surface area contributed by atoms with Gasteiger partial charge in [0.15, 0.2) is 6.10 Å². The number of rotatable bonds is 41. The van der Waals surface area contributed by atoms with Gasteiger partial charge >= 0.3 is 19.8 Å². The van der Waals surface area contributed by atoms with Crippen molar-refractivity contribution in [2.75, 3.05) is 26.4 Å². The molecule has 4 N–H and O–H groups in total. The van der Waals surface area contributed by atoms with E-state index < -0.39 is 32.5 Å². The number of phosphoric acid groups is 1. The molecule has 0 radical (unpaired) electrons. The van der Waals surface area contributed by atoms with E-state index >= 15 is 0 Å². The summed E-state index contributed by atoms with van der Waals surface area (Å²) in [5, 5.41) is 9.81. The summed E-state index contributed by atoms with van der Waals surface area (Å²) in [6, 6.07) is 0. The minimum absolute atomic E-state index is 0.0341. The fourth-order valence-electron chi connectivity index (χ4n) is 5.73. The molecule has 3 atom stereocenters. The number of aliphatic hydroxyl groups is 1. The molecular formula is C47H82NO9P. The molecule has 0 aromatic rings. The maximum Gasteiger partial charge on any atom is 0.472 e. The van der Waals surface area contributed by atoms with Crippen LogP contribution in [0.3, 0.4) is 0 Å². The maximum atomic E-state index is 12.6. The van der Waals surface area contributed by atoms with E-state index in [4.69, 9.17) is 24.3 Å². The van der Waals surface area contributed by atoms with Gasteiger partial charge in [0.25, 0.3) is 0 Å². The van der Waals surface area contributed by atoms with Crippen LogP contribution in [0, 0.1) is 0 Å². The molecule has 0 heterocycles. The molecule has 1 unspecified atom stereocenters. The van der Waals surface area contributed by atoms with Gasteiger partial charge in [-0.2, -0.15) is 0 Å². The average Bonchev–Trinajstić information content (AvgIpc) is 3.21. The minimum Gasteiger partial charge on any atom is -0.462 e. The molecule has 0 rings (SSSR count). The third kappa shape index (κ3) is 41.6. The fraction of sp³-hybridized carbons (Fsp3) is 0.702. The fourth-order valence-corrected chi connectivity index (χ4v) is 6.50. The predicted octanol–water partition coefficient (Wildman–Crippen LogP) is 12.0. The zero-order valence-corrected chi connectivity index (χ0v) is 37.3. The topological polar surface area (TPSA) is 155 Å². The van der Waals surface area contributed by atoms with Crippen molar-refractivity contribution in [1.29, 1.82) is 0 Å². The summed E-state index contributed by atoms with van der Waals surface area (Å²) in [6.07, 6.45) is 48.4. The zero-order chi connectivity index (χ0) is 42.6. The Morgan fingerprint density at radius 1 is 0.586 bits per heavy atom. The van der Waals surface area contributed by atoms with E-state index in [1.165, 1.54) is 57.8 Å². The van der Waals surface area contributed by atoms with Crippen LogP contribution in [-0.4, -0.2) is 60.5 Å². The monoisotopic (exact) mass is 836 g/mol. The van der Waals surface area contributed by atoms with Crippen molar-refractivity contribution in [3.63, 3.8) is 0 Å². The van der Waals surface area contributed by atoms with Crippen LogP contribution in [0.2, 0.25) is 0 Å². The Morgan fingerprint density at radius 2 is 1.07 bits per heavy atom. The Labute approximate surface area is 353 Å². The van der Waals surface area contributed by atoms with Crippen molar-refractivity contribution in [1.82, 2.24) is 0 Å². The average molecular weight is 836 g/mol. The Kier molecular flexibility index (Phi) is 40.6. The van der Waals surface area contributed by atoms with Crippen molar-refractivity contribution < 1.29 is 42.7 Å². The lowest BCUT2D eigenvalue weighted by Gasteiger charge is -2.19. The molecule has 11 heteroatoms. The van der Waals surface area contributed by atoms with E-state index in [0.29, 0.717) is 19.3 Å². The quantitative estimate of drug-likeness (QED) is 0.0235. The number of carbonyl (C=O) groups excluding carboxylic acids is 2. The second kappa shape index (κ2) is 42.5. The predicted molar refractivity (Wildman–Crippen MR) is 239 cm³/mol. The maximum absolute atomic E-state index is 12.6. The summed E-state index contributed by atoms with van der Waals surface area (Å²) < 4.78 is 32.7. The number of hydrogen-bond acceptors (Lipinski definition) is 9. The molecule has 0 aromatic heterocycles. The van der Waals surface area contributed by atoms with Crippen LogP contribution in [0.15, 0.2) is 72.9 Å². The SMILES string of the molecule is CCCCC/C=C\C/C=C\CCCCCCCCCCCC(=O)OC[C@H](COP(=O)(O)OCCN)OC(=O)CCC/C=C\C/C=C\C/C=C\C/C=C\[C@H](O)CCCC. The number of nitrogens with two attached hydrogens (primary N) is 1. The molecule has 0 aliphatic heterocycles. The summed E-state index contributed by atoms with van der Waals surface area (Å²) in [5.74, 6) is -0.926. The first kappa shape index (κ1) is 55.4. The number of carbonyl (C=O) groups is 2. The van der Waals surface area contributed by atoms with Gasteiger partial charge in [0, 0.05) is 19.4 Å². The van der Waals surface area contributed by atoms with E-state index in [0.717, 1.165) is 70.6 Å². The van der Waals surface area contributed by atoms with Crippen LogP contribution in [-0.2, 0) is 32.7 Å².